The first kappa shape index (κ1) is 20.9. The lowest BCUT2D eigenvalue weighted by Gasteiger charge is -2.27. The number of rotatable bonds is 7. The molecule has 1 aromatic heterocycles. The number of carbonyl (C=O) groups excluding carboxylic acids is 3. The summed E-state index contributed by atoms with van der Waals surface area (Å²) < 4.78 is 4.81. The summed E-state index contributed by atoms with van der Waals surface area (Å²) in [4.78, 5) is 37.5. The number of carbonyl (C=O) groups is 3. The Morgan fingerprint density at radius 3 is 2.56 bits per heavy atom. The van der Waals surface area contributed by atoms with E-state index in [0.29, 0.717) is 28.4 Å². The average molecular weight is 409 g/mol. The Hall–Kier alpha value is -2.38. The number of nitrogens with one attached hydrogen (secondary N) is 2. The minimum absolute atomic E-state index is 0.270. The van der Waals surface area contributed by atoms with E-state index in [1.165, 1.54) is 36.6 Å². The van der Waals surface area contributed by atoms with Gasteiger partial charge in [-0.05, 0) is 43.0 Å². The van der Waals surface area contributed by atoms with Crippen molar-refractivity contribution < 1.29 is 19.1 Å². The fraction of sp³-hybridized carbons (Fsp3) is 0.316. The summed E-state index contributed by atoms with van der Waals surface area (Å²) >= 11 is 7.44. The maximum absolute atomic E-state index is 12.7. The highest BCUT2D eigenvalue weighted by molar-refractivity contribution is 7.12. The number of anilines is 1. The molecule has 0 aliphatic rings. The average Bonchev–Trinajstić information content (AvgIpc) is 3.17. The molecule has 2 N–H and O–H groups in total. The molecule has 0 saturated heterocycles. The molecular weight excluding hydrogens is 388 g/mol. The molecule has 0 aliphatic carbocycles. The van der Waals surface area contributed by atoms with E-state index in [0.717, 1.165) is 0 Å². The van der Waals surface area contributed by atoms with Crippen molar-refractivity contribution in [3.8, 4) is 0 Å². The van der Waals surface area contributed by atoms with Crippen LogP contribution in [0.4, 0.5) is 5.69 Å². The van der Waals surface area contributed by atoms with Crippen LogP contribution < -0.4 is 10.6 Å². The maximum atomic E-state index is 12.7. The Morgan fingerprint density at radius 1 is 1.22 bits per heavy atom. The van der Waals surface area contributed by atoms with E-state index < -0.39 is 17.4 Å². The Morgan fingerprint density at radius 2 is 1.96 bits per heavy atom. The normalized spacial score (nSPS) is 12.7. The van der Waals surface area contributed by atoms with Gasteiger partial charge in [-0.1, -0.05) is 31.0 Å². The molecule has 2 aromatic rings. The number of amides is 2. The highest BCUT2D eigenvalue weighted by Crippen LogP contribution is 2.25. The smallest absolute Gasteiger partial charge is 0.331 e. The minimum atomic E-state index is -1.14. The molecule has 0 aliphatic heterocycles. The zero-order valence-electron chi connectivity index (χ0n) is 15.3. The molecule has 0 spiro atoms. The largest absolute Gasteiger partial charge is 0.467 e. The Labute approximate surface area is 166 Å². The Kier molecular flexibility index (Phi) is 6.98. The molecular formula is C19H21ClN2O4S. The number of esters is 1. The van der Waals surface area contributed by atoms with E-state index in [1.54, 1.807) is 24.4 Å². The van der Waals surface area contributed by atoms with Gasteiger partial charge >= 0.3 is 5.97 Å². The molecule has 2 rings (SSSR count). The molecule has 2 amide bonds. The Bertz CT molecular complexity index is 838. The van der Waals surface area contributed by atoms with Gasteiger partial charge in [-0.15, -0.1) is 11.3 Å². The van der Waals surface area contributed by atoms with Crippen molar-refractivity contribution in [2.75, 3.05) is 12.4 Å². The summed E-state index contributed by atoms with van der Waals surface area (Å²) in [7, 11) is 1.28. The molecule has 1 atom stereocenters. The third kappa shape index (κ3) is 5.08. The van der Waals surface area contributed by atoms with E-state index in [9.17, 15) is 14.4 Å². The molecule has 6 nitrogen and oxygen atoms in total. The molecule has 0 bridgehead atoms. The second-order valence-corrected chi connectivity index (χ2v) is 7.51. The first-order chi connectivity index (χ1) is 12.8. The van der Waals surface area contributed by atoms with E-state index in [1.807, 2.05) is 6.92 Å². The molecule has 144 valence electrons. The third-order valence-corrected chi connectivity index (χ3v) is 5.20. The topological polar surface area (TPSA) is 84.5 Å². The van der Waals surface area contributed by atoms with Crippen LogP contribution in [0.15, 0.2) is 35.7 Å². The van der Waals surface area contributed by atoms with Gasteiger partial charge < -0.3 is 15.4 Å². The van der Waals surface area contributed by atoms with Gasteiger partial charge in [0.05, 0.1) is 22.7 Å². The zero-order chi connectivity index (χ0) is 20.0. The van der Waals surface area contributed by atoms with E-state index in [2.05, 4.69) is 10.6 Å². The summed E-state index contributed by atoms with van der Waals surface area (Å²) in [5, 5.41) is 7.52. The highest BCUT2D eigenvalue weighted by atomic mass is 35.5. The van der Waals surface area contributed by atoms with Crippen LogP contribution in [-0.2, 0) is 9.53 Å². The molecule has 8 heteroatoms. The molecule has 1 aromatic carbocycles. The van der Waals surface area contributed by atoms with Crippen LogP contribution in [0.3, 0.4) is 0 Å². The molecule has 27 heavy (non-hydrogen) atoms. The van der Waals surface area contributed by atoms with Crippen LogP contribution >= 0.6 is 22.9 Å². The summed E-state index contributed by atoms with van der Waals surface area (Å²) in [5.41, 5.74) is -0.550. The van der Waals surface area contributed by atoms with E-state index in [4.69, 9.17) is 16.3 Å². The van der Waals surface area contributed by atoms with Crippen LogP contribution in [0.5, 0.6) is 0 Å². The number of thiophene rings is 1. The van der Waals surface area contributed by atoms with Gasteiger partial charge in [0, 0.05) is 5.56 Å². The summed E-state index contributed by atoms with van der Waals surface area (Å²) in [5.74, 6) is -1.28. The number of methoxy groups -OCH3 is 1. The number of halogens is 1. The number of hydrogen-bond acceptors (Lipinski definition) is 5. The lowest BCUT2D eigenvalue weighted by molar-refractivity contribution is -0.147. The maximum Gasteiger partial charge on any atom is 0.331 e. The van der Waals surface area contributed by atoms with Gasteiger partial charge in [-0.25, -0.2) is 4.79 Å². The van der Waals surface area contributed by atoms with Gasteiger partial charge in [-0.3, -0.25) is 9.59 Å². The molecule has 0 fully saturated rings. The van der Waals surface area contributed by atoms with E-state index >= 15 is 0 Å². The van der Waals surface area contributed by atoms with Crippen molar-refractivity contribution in [2.24, 2.45) is 0 Å². The van der Waals surface area contributed by atoms with Gasteiger partial charge in [0.15, 0.2) is 0 Å². The first-order valence-corrected chi connectivity index (χ1v) is 9.62. The van der Waals surface area contributed by atoms with Crippen molar-refractivity contribution in [2.45, 2.75) is 32.2 Å². The second kappa shape index (κ2) is 9.01. The molecule has 0 radical (unpaired) electrons. The van der Waals surface area contributed by atoms with Crippen molar-refractivity contribution in [3.05, 3.63) is 51.2 Å². The summed E-state index contributed by atoms with van der Waals surface area (Å²) in [6.45, 7) is 3.53. The number of ether oxygens (including phenoxy) is 1. The van der Waals surface area contributed by atoms with Gasteiger partial charge in [0.2, 0.25) is 0 Å². The van der Waals surface area contributed by atoms with Crippen LogP contribution in [0.25, 0.3) is 0 Å². The highest BCUT2D eigenvalue weighted by Gasteiger charge is 2.35. The van der Waals surface area contributed by atoms with Crippen molar-refractivity contribution in [1.29, 1.82) is 0 Å². The SMILES string of the molecule is CCCC(C)(NC(=O)c1ccc(Cl)c(NC(=O)c2cccs2)c1)C(=O)OC. The van der Waals surface area contributed by atoms with Crippen molar-refractivity contribution in [3.63, 3.8) is 0 Å². The predicted molar refractivity (Wildman–Crippen MR) is 107 cm³/mol. The van der Waals surface area contributed by atoms with Gasteiger partial charge in [0.25, 0.3) is 11.8 Å². The first-order valence-electron chi connectivity index (χ1n) is 8.36. The third-order valence-electron chi connectivity index (χ3n) is 4.00. The zero-order valence-corrected chi connectivity index (χ0v) is 16.9. The van der Waals surface area contributed by atoms with E-state index in [-0.39, 0.29) is 11.5 Å². The molecule has 1 heterocycles. The Balaban J connectivity index is 2.22. The fourth-order valence-corrected chi connectivity index (χ4v) is 3.40. The van der Waals surface area contributed by atoms with Crippen LogP contribution in [-0.4, -0.2) is 30.4 Å². The summed E-state index contributed by atoms with van der Waals surface area (Å²) in [6, 6.07) is 7.99. The van der Waals surface area contributed by atoms with Crippen molar-refractivity contribution >= 4 is 46.4 Å². The van der Waals surface area contributed by atoms with Crippen molar-refractivity contribution in [1.82, 2.24) is 5.32 Å². The van der Waals surface area contributed by atoms with Crippen LogP contribution in [0.2, 0.25) is 5.02 Å². The quantitative estimate of drug-likeness (QED) is 0.675. The minimum Gasteiger partial charge on any atom is -0.467 e. The van der Waals surface area contributed by atoms with Crippen LogP contribution in [0, 0.1) is 0 Å². The lowest BCUT2D eigenvalue weighted by atomic mass is 9.95. The second-order valence-electron chi connectivity index (χ2n) is 6.15. The fourth-order valence-electron chi connectivity index (χ4n) is 2.62. The predicted octanol–water partition coefficient (Wildman–Crippen LogP) is 4.12. The van der Waals surface area contributed by atoms with Gasteiger partial charge in [-0.2, -0.15) is 0 Å². The lowest BCUT2D eigenvalue weighted by Crippen LogP contribution is -2.52. The standard InChI is InChI=1S/C19H21ClN2O4S/c1-4-9-19(2,18(25)26-3)22-16(23)12-7-8-13(20)14(11-12)21-17(24)15-6-5-10-27-15/h5-8,10-11H,4,9H2,1-3H3,(H,21,24)(H,22,23). The van der Waals surface area contributed by atoms with Crippen LogP contribution in [0.1, 0.15) is 46.7 Å². The van der Waals surface area contributed by atoms with Gasteiger partial charge in [0.1, 0.15) is 5.54 Å². The summed E-state index contributed by atoms with van der Waals surface area (Å²) in [6.07, 6.45) is 1.12. The number of hydrogen-bond donors (Lipinski definition) is 2. The molecule has 1 unspecified atom stereocenters. The number of benzene rings is 1. The monoisotopic (exact) mass is 408 g/mol. The molecule has 0 saturated carbocycles.